The van der Waals surface area contributed by atoms with E-state index in [0.29, 0.717) is 17.2 Å². The maximum Gasteiger partial charge on any atom is 0.157 e. The van der Waals surface area contributed by atoms with Gasteiger partial charge in [0.05, 0.1) is 11.8 Å². The minimum Gasteiger partial charge on any atom is -0.362 e. The van der Waals surface area contributed by atoms with E-state index in [1.165, 1.54) is 25.1 Å². The van der Waals surface area contributed by atoms with E-state index in [9.17, 15) is 0 Å². The molecule has 20 heavy (non-hydrogen) atoms. The molecule has 1 fully saturated rings. The number of benzene rings is 1. The first-order valence-electron chi connectivity index (χ1n) is 7.43. The summed E-state index contributed by atoms with van der Waals surface area (Å²) in [6.07, 6.45) is 1.22. The molecule has 1 N–H and O–H groups in total. The largest absolute Gasteiger partial charge is 0.362 e. The molecule has 1 aromatic rings. The van der Waals surface area contributed by atoms with Crippen LogP contribution >= 0.6 is 11.8 Å². The Hall–Kier alpha value is -1.00. The third-order valence-electron chi connectivity index (χ3n) is 4.24. The molecular formula is C16H23N3S. The van der Waals surface area contributed by atoms with Gasteiger partial charge in [0.2, 0.25) is 0 Å². The molecule has 4 heteroatoms. The van der Waals surface area contributed by atoms with Crippen LogP contribution in [0.3, 0.4) is 0 Å². The highest BCUT2D eigenvalue weighted by molar-refractivity contribution is 8.14. The SMILES string of the molecule is CC1CN(C)CCC1NC1=NCC(c2ccccc2)S1. The number of rotatable bonds is 2. The van der Waals surface area contributed by atoms with Crippen LogP contribution in [0.2, 0.25) is 0 Å². The molecule has 0 aromatic heterocycles. The minimum atomic E-state index is 0.486. The number of hydrogen-bond donors (Lipinski definition) is 1. The fourth-order valence-corrected chi connectivity index (χ4v) is 4.10. The Kier molecular flexibility index (Phi) is 4.32. The number of nitrogens with one attached hydrogen (secondary N) is 1. The lowest BCUT2D eigenvalue weighted by Gasteiger charge is -2.35. The van der Waals surface area contributed by atoms with Crippen molar-refractivity contribution in [2.45, 2.75) is 24.6 Å². The van der Waals surface area contributed by atoms with Crippen molar-refractivity contribution in [2.24, 2.45) is 10.9 Å². The van der Waals surface area contributed by atoms with Crippen molar-refractivity contribution in [3.63, 3.8) is 0 Å². The van der Waals surface area contributed by atoms with Crippen molar-refractivity contribution in [3.8, 4) is 0 Å². The lowest BCUT2D eigenvalue weighted by atomic mass is 9.94. The molecule has 0 spiro atoms. The van der Waals surface area contributed by atoms with Crippen LogP contribution in [0.15, 0.2) is 35.3 Å². The highest BCUT2D eigenvalue weighted by atomic mass is 32.2. The topological polar surface area (TPSA) is 27.6 Å². The molecule has 0 radical (unpaired) electrons. The van der Waals surface area contributed by atoms with Crippen LogP contribution in [0.1, 0.15) is 24.2 Å². The second-order valence-electron chi connectivity index (χ2n) is 5.94. The monoisotopic (exact) mass is 289 g/mol. The highest BCUT2D eigenvalue weighted by Gasteiger charge is 2.28. The zero-order valence-corrected chi connectivity index (χ0v) is 13.1. The Morgan fingerprint density at radius 2 is 2.10 bits per heavy atom. The summed E-state index contributed by atoms with van der Waals surface area (Å²) in [5, 5.41) is 5.30. The summed E-state index contributed by atoms with van der Waals surface area (Å²) >= 11 is 1.89. The van der Waals surface area contributed by atoms with Gasteiger partial charge in [-0.25, -0.2) is 0 Å². The van der Waals surface area contributed by atoms with Gasteiger partial charge in [0, 0.05) is 12.6 Å². The van der Waals surface area contributed by atoms with Gasteiger partial charge >= 0.3 is 0 Å². The van der Waals surface area contributed by atoms with E-state index in [4.69, 9.17) is 4.99 Å². The summed E-state index contributed by atoms with van der Waals surface area (Å²) in [4.78, 5) is 7.11. The number of hydrogen-bond acceptors (Lipinski definition) is 4. The van der Waals surface area contributed by atoms with Gasteiger partial charge in [0.1, 0.15) is 0 Å². The molecule has 2 aliphatic rings. The predicted molar refractivity (Wildman–Crippen MR) is 87.3 cm³/mol. The third-order valence-corrected chi connectivity index (χ3v) is 5.42. The van der Waals surface area contributed by atoms with Gasteiger partial charge < -0.3 is 10.2 Å². The van der Waals surface area contributed by atoms with Crippen molar-refractivity contribution in [2.75, 3.05) is 26.7 Å². The Morgan fingerprint density at radius 3 is 2.85 bits per heavy atom. The quantitative estimate of drug-likeness (QED) is 0.907. The van der Waals surface area contributed by atoms with Gasteiger partial charge in [-0.2, -0.15) is 0 Å². The second-order valence-corrected chi connectivity index (χ2v) is 7.13. The van der Waals surface area contributed by atoms with Gasteiger partial charge in [-0.1, -0.05) is 49.0 Å². The van der Waals surface area contributed by atoms with Crippen molar-refractivity contribution in [1.82, 2.24) is 10.2 Å². The first-order valence-corrected chi connectivity index (χ1v) is 8.31. The molecule has 1 aromatic carbocycles. The molecule has 108 valence electrons. The normalized spacial score (nSPS) is 31.1. The molecule has 0 amide bonds. The number of thioether (sulfide) groups is 1. The zero-order valence-electron chi connectivity index (χ0n) is 12.2. The maximum absolute atomic E-state index is 4.70. The molecular weight excluding hydrogens is 266 g/mol. The van der Waals surface area contributed by atoms with Gasteiger partial charge in [0.25, 0.3) is 0 Å². The number of piperidine rings is 1. The predicted octanol–water partition coefficient (Wildman–Crippen LogP) is 2.76. The van der Waals surface area contributed by atoms with Gasteiger partial charge in [-0.3, -0.25) is 4.99 Å². The van der Waals surface area contributed by atoms with Crippen LogP contribution in [0.4, 0.5) is 0 Å². The van der Waals surface area contributed by atoms with Crippen molar-refractivity contribution < 1.29 is 0 Å². The number of amidine groups is 1. The van der Waals surface area contributed by atoms with E-state index in [0.717, 1.165) is 11.7 Å². The molecule has 3 nitrogen and oxygen atoms in total. The van der Waals surface area contributed by atoms with Crippen molar-refractivity contribution >= 4 is 16.9 Å². The Bertz CT molecular complexity index is 474. The molecule has 0 saturated carbocycles. The van der Waals surface area contributed by atoms with Gasteiger partial charge in [0.15, 0.2) is 5.17 Å². The Morgan fingerprint density at radius 1 is 1.30 bits per heavy atom. The summed E-state index contributed by atoms with van der Waals surface area (Å²) < 4.78 is 0. The summed E-state index contributed by atoms with van der Waals surface area (Å²) in [7, 11) is 2.21. The molecule has 2 heterocycles. The lowest BCUT2D eigenvalue weighted by molar-refractivity contribution is 0.187. The summed E-state index contributed by atoms with van der Waals surface area (Å²) in [5.41, 5.74) is 1.38. The first kappa shape index (κ1) is 14.0. The van der Waals surface area contributed by atoms with Crippen LogP contribution < -0.4 is 5.32 Å². The van der Waals surface area contributed by atoms with E-state index >= 15 is 0 Å². The van der Waals surface area contributed by atoms with Crippen molar-refractivity contribution in [1.29, 1.82) is 0 Å². The number of aliphatic imine (C=N–C) groups is 1. The smallest absolute Gasteiger partial charge is 0.157 e. The molecule has 0 aliphatic carbocycles. The Balaban J connectivity index is 1.55. The van der Waals surface area contributed by atoms with Crippen LogP contribution in [0.25, 0.3) is 0 Å². The fourth-order valence-electron chi connectivity index (χ4n) is 3.02. The first-order chi connectivity index (χ1) is 9.72. The maximum atomic E-state index is 4.70. The van der Waals surface area contributed by atoms with E-state index in [1.807, 2.05) is 11.8 Å². The zero-order chi connectivity index (χ0) is 13.9. The molecule has 3 unspecified atom stereocenters. The molecule has 2 aliphatic heterocycles. The summed E-state index contributed by atoms with van der Waals surface area (Å²) in [5.74, 6) is 0.688. The van der Waals surface area contributed by atoms with E-state index in [1.54, 1.807) is 0 Å². The third kappa shape index (κ3) is 3.18. The molecule has 0 bridgehead atoms. The average molecular weight is 289 g/mol. The number of likely N-dealkylation sites (tertiary alicyclic amines) is 1. The van der Waals surface area contributed by atoms with Crippen LogP contribution in [-0.4, -0.2) is 42.8 Å². The lowest BCUT2D eigenvalue weighted by Crippen LogP contribution is -2.48. The minimum absolute atomic E-state index is 0.486. The second kappa shape index (κ2) is 6.19. The molecule has 3 atom stereocenters. The Labute approximate surface area is 125 Å². The standard InChI is InChI=1S/C16H23N3S/c1-12-11-19(2)9-8-14(12)18-16-17-10-15(20-16)13-6-4-3-5-7-13/h3-7,12,14-15H,8-11H2,1-2H3,(H,17,18). The van der Waals surface area contributed by atoms with E-state index < -0.39 is 0 Å². The summed E-state index contributed by atoms with van der Waals surface area (Å²) in [6, 6.07) is 11.3. The van der Waals surface area contributed by atoms with Gasteiger partial charge in [-0.15, -0.1) is 0 Å². The highest BCUT2D eigenvalue weighted by Crippen LogP contribution is 2.34. The van der Waals surface area contributed by atoms with Crippen LogP contribution in [0, 0.1) is 5.92 Å². The summed E-state index contributed by atoms with van der Waals surface area (Å²) in [6.45, 7) is 5.60. The van der Waals surface area contributed by atoms with E-state index in [2.05, 4.69) is 54.5 Å². The number of nitrogens with zero attached hydrogens (tertiary/aromatic N) is 2. The van der Waals surface area contributed by atoms with Crippen LogP contribution in [-0.2, 0) is 0 Å². The van der Waals surface area contributed by atoms with Crippen LogP contribution in [0.5, 0.6) is 0 Å². The van der Waals surface area contributed by atoms with Gasteiger partial charge in [-0.05, 0) is 31.5 Å². The fraction of sp³-hybridized carbons (Fsp3) is 0.562. The van der Waals surface area contributed by atoms with Crippen molar-refractivity contribution in [3.05, 3.63) is 35.9 Å². The average Bonchev–Trinajstić information content (AvgIpc) is 2.92. The molecule has 3 rings (SSSR count). The van der Waals surface area contributed by atoms with E-state index in [-0.39, 0.29) is 0 Å². The molecule has 1 saturated heterocycles.